The fourth-order valence-corrected chi connectivity index (χ4v) is 2.25. The molecule has 1 fully saturated rings. The maximum absolute atomic E-state index is 3.47. The van der Waals surface area contributed by atoms with Crippen molar-refractivity contribution in [3.05, 3.63) is 35.4 Å². The summed E-state index contributed by atoms with van der Waals surface area (Å²) in [4.78, 5) is 0. The molecule has 0 bridgehead atoms. The van der Waals surface area contributed by atoms with E-state index in [1.54, 1.807) is 5.56 Å². The van der Waals surface area contributed by atoms with Crippen LogP contribution in [0.3, 0.4) is 0 Å². The average molecular weight is 217 g/mol. The summed E-state index contributed by atoms with van der Waals surface area (Å²) in [5.74, 6) is 0.859. The van der Waals surface area contributed by atoms with Crippen LogP contribution in [0.4, 0.5) is 0 Å². The van der Waals surface area contributed by atoms with E-state index in [1.165, 1.54) is 24.8 Å². The van der Waals surface area contributed by atoms with E-state index >= 15 is 0 Å². The number of hydrogen-bond donors (Lipinski definition) is 1. The minimum atomic E-state index is 0.592. The molecule has 0 amide bonds. The van der Waals surface area contributed by atoms with Crippen LogP contribution in [-0.4, -0.2) is 12.6 Å². The molecule has 0 heterocycles. The summed E-state index contributed by atoms with van der Waals surface area (Å²) in [6, 6.07) is 9.77. The second kappa shape index (κ2) is 5.49. The maximum Gasteiger partial charge on any atom is 0.00105 e. The molecule has 1 aromatic rings. The van der Waals surface area contributed by atoms with E-state index in [0.717, 1.165) is 18.9 Å². The largest absolute Gasteiger partial charge is 0.314 e. The highest BCUT2D eigenvalue weighted by Crippen LogP contribution is 2.36. The van der Waals surface area contributed by atoms with Crippen LogP contribution in [0.1, 0.15) is 50.2 Å². The molecule has 1 heteroatoms. The third kappa shape index (κ3) is 3.08. The molecular formula is C15H23N. The van der Waals surface area contributed by atoms with Crippen molar-refractivity contribution in [1.29, 1.82) is 0 Å². The van der Waals surface area contributed by atoms with Crippen molar-refractivity contribution < 1.29 is 0 Å². The van der Waals surface area contributed by atoms with Gasteiger partial charge in [-0.2, -0.15) is 0 Å². The Kier molecular flexibility index (Phi) is 4.00. The molecule has 1 aliphatic carbocycles. The molecule has 1 nitrogen and oxygen atoms in total. The minimum absolute atomic E-state index is 0.592. The molecule has 0 radical (unpaired) electrons. The first-order chi connectivity index (χ1) is 7.75. The number of benzene rings is 1. The van der Waals surface area contributed by atoms with Gasteiger partial charge in [-0.3, -0.25) is 0 Å². The van der Waals surface area contributed by atoms with Crippen LogP contribution in [0.2, 0.25) is 0 Å². The van der Waals surface area contributed by atoms with Crippen LogP contribution in [0.15, 0.2) is 24.3 Å². The van der Waals surface area contributed by atoms with Gasteiger partial charge in [0.15, 0.2) is 0 Å². The number of nitrogens with one attached hydrogen (secondary N) is 1. The van der Waals surface area contributed by atoms with Gasteiger partial charge in [-0.1, -0.05) is 44.5 Å². The zero-order valence-electron chi connectivity index (χ0n) is 10.5. The van der Waals surface area contributed by atoms with E-state index in [-0.39, 0.29) is 0 Å². The lowest BCUT2D eigenvalue weighted by Gasteiger charge is -2.26. The molecule has 16 heavy (non-hydrogen) atoms. The molecule has 0 spiro atoms. The molecule has 2 rings (SSSR count). The van der Waals surface area contributed by atoms with E-state index in [2.05, 4.69) is 43.4 Å². The Balaban J connectivity index is 1.88. The molecule has 0 aliphatic heterocycles. The Morgan fingerprint density at radius 2 is 2.12 bits per heavy atom. The summed E-state index contributed by atoms with van der Waals surface area (Å²) >= 11 is 0. The lowest BCUT2D eigenvalue weighted by atomic mass is 9.79. The summed E-state index contributed by atoms with van der Waals surface area (Å²) in [5, 5.41) is 3.47. The van der Waals surface area contributed by atoms with E-state index < -0.39 is 0 Å². The quantitative estimate of drug-likeness (QED) is 0.796. The van der Waals surface area contributed by atoms with Crippen molar-refractivity contribution in [2.24, 2.45) is 0 Å². The van der Waals surface area contributed by atoms with Crippen LogP contribution in [0.25, 0.3) is 0 Å². The third-order valence-electron chi connectivity index (χ3n) is 3.49. The highest BCUT2D eigenvalue weighted by atomic mass is 14.9. The van der Waals surface area contributed by atoms with Crippen LogP contribution in [0, 0.1) is 0 Å². The molecule has 0 atom stereocenters. The van der Waals surface area contributed by atoms with E-state index in [9.17, 15) is 0 Å². The predicted molar refractivity (Wildman–Crippen MR) is 69.9 cm³/mol. The lowest BCUT2D eigenvalue weighted by Crippen LogP contribution is -2.25. The van der Waals surface area contributed by atoms with Gasteiger partial charge in [-0.15, -0.1) is 0 Å². The Morgan fingerprint density at radius 1 is 1.31 bits per heavy atom. The molecule has 88 valence electrons. The molecule has 0 unspecified atom stereocenters. The standard InChI is InChI=1S/C15H23N/c1-12(2)16-10-9-13-5-3-8-15(11-13)14-6-4-7-14/h3,5,8,11-12,14,16H,4,6-7,9-10H2,1-2H3. The van der Waals surface area contributed by atoms with Crippen LogP contribution >= 0.6 is 0 Å². The monoisotopic (exact) mass is 217 g/mol. The molecule has 1 N–H and O–H groups in total. The van der Waals surface area contributed by atoms with Crippen molar-refractivity contribution >= 4 is 0 Å². The van der Waals surface area contributed by atoms with Gasteiger partial charge in [0.25, 0.3) is 0 Å². The van der Waals surface area contributed by atoms with E-state index in [1.807, 2.05) is 0 Å². The number of hydrogen-bond acceptors (Lipinski definition) is 1. The molecule has 1 saturated carbocycles. The van der Waals surface area contributed by atoms with Crippen LogP contribution < -0.4 is 5.32 Å². The number of rotatable bonds is 5. The Morgan fingerprint density at radius 3 is 2.75 bits per heavy atom. The first-order valence-electron chi connectivity index (χ1n) is 6.58. The van der Waals surface area contributed by atoms with Gasteiger partial charge in [-0.05, 0) is 42.9 Å². The van der Waals surface area contributed by atoms with Crippen molar-refractivity contribution in [2.45, 2.75) is 51.5 Å². The van der Waals surface area contributed by atoms with Gasteiger partial charge in [0, 0.05) is 6.04 Å². The van der Waals surface area contributed by atoms with Gasteiger partial charge >= 0.3 is 0 Å². The SMILES string of the molecule is CC(C)NCCc1cccc(C2CCC2)c1. The van der Waals surface area contributed by atoms with Gasteiger partial charge < -0.3 is 5.32 Å². The summed E-state index contributed by atoms with van der Waals surface area (Å²) in [6.07, 6.45) is 5.37. The summed E-state index contributed by atoms with van der Waals surface area (Å²) in [7, 11) is 0. The van der Waals surface area contributed by atoms with Gasteiger partial charge in [0.05, 0.1) is 0 Å². The maximum atomic E-state index is 3.47. The average Bonchev–Trinajstić information content (AvgIpc) is 2.15. The minimum Gasteiger partial charge on any atom is -0.314 e. The first-order valence-corrected chi connectivity index (χ1v) is 6.58. The molecule has 0 saturated heterocycles. The molecule has 1 aliphatic rings. The van der Waals surface area contributed by atoms with E-state index in [0.29, 0.717) is 6.04 Å². The molecular weight excluding hydrogens is 194 g/mol. The van der Waals surface area contributed by atoms with Crippen LogP contribution in [0.5, 0.6) is 0 Å². The van der Waals surface area contributed by atoms with Gasteiger partial charge in [0.2, 0.25) is 0 Å². The van der Waals surface area contributed by atoms with Crippen molar-refractivity contribution in [1.82, 2.24) is 5.32 Å². The smallest absolute Gasteiger partial charge is 0.00105 e. The van der Waals surface area contributed by atoms with Crippen LogP contribution in [-0.2, 0) is 6.42 Å². The zero-order chi connectivity index (χ0) is 11.4. The summed E-state index contributed by atoms with van der Waals surface area (Å²) in [5.41, 5.74) is 3.05. The zero-order valence-corrected chi connectivity index (χ0v) is 10.5. The van der Waals surface area contributed by atoms with Crippen molar-refractivity contribution in [3.8, 4) is 0 Å². The highest BCUT2D eigenvalue weighted by Gasteiger charge is 2.19. The molecule has 1 aromatic carbocycles. The Hall–Kier alpha value is -0.820. The highest BCUT2D eigenvalue weighted by molar-refractivity contribution is 5.27. The fourth-order valence-electron chi connectivity index (χ4n) is 2.25. The van der Waals surface area contributed by atoms with Crippen molar-refractivity contribution in [2.75, 3.05) is 6.54 Å². The second-order valence-electron chi connectivity index (χ2n) is 5.23. The summed E-state index contributed by atoms with van der Waals surface area (Å²) in [6.45, 7) is 5.49. The van der Waals surface area contributed by atoms with Crippen molar-refractivity contribution in [3.63, 3.8) is 0 Å². The van der Waals surface area contributed by atoms with Gasteiger partial charge in [-0.25, -0.2) is 0 Å². The topological polar surface area (TPSA) is 12.0 Å². The summed E-state index contributed by atoms with van der Waals surface area (Å²) < 4.78 is 0. The lowest BCUT2D eigenvalue weighted by molar-refractivity contribution is 0.419. The second-order valence-corrected chi connectivity index (χ2v) is 5.23. The van der Waals surface area contributed by atoms with Gasteiger partial charge in [0.1, 0.15) is 0 Å². The van der Waals surface area contributed by atoms with E-state index in [4.69, 9.17) is 0 Å². The Bertz CT molecular complexity index is 326. The first kappa shape index (κ1) is 11.7. The Labute approximate surface area is 99.3 Å². The third-order valence-corrected chi connectivity index (χ3v) is 3.49. The normalized spacial score (nSPS) is 16.4. The fraction of sp³-hybridized carbons (Fsp3) is 0.600. The predicted octanol–water partition coefficient (Wildman–Crippen LogP) is 3.49. The molecule has 0 aromatic heterocycles.